The van der Waals surface area contributed by atoms with Gasteiger partial charge < -0.3 is 15.4 Å². The number of hydrogen-bond acceptors (Lipinski definition) is 6. The van der Waals surface area contributed by atoms with Crippen LogP contribution in [-0.2, 0) is 12.0 Å². The maximum absolute atomic E-state index is 13.0. The fourth-order valence-corrected chi connectivity index (χ4v) is 3.78. The Morgan fingerprint density at radius 2 is 1.82 bits per heavy atom. The van der Waals surface area contributed by atoms with Crippen LogP contribution in [0.1, 0.15) is 57.4 Å². The number of rotatable bonds is 10. The van der Waals surface area contributed by atoms with Crippen molar-refractivity contribution < 1.29 is 9.53 Å². The lowest BCUT2D eigenvalue weighted by atomic mass is 9.92. The number of hydrogen-bond donors (Lipinski definition) is 3. The van der Waals surface area contributed by atoms with Crippen molar-refractivity contribution in [3.8, 4) is 17.3 Å². The number of nitrogens with one attached hydrogen (secondary N) is 3. The molecule has 0 bridgehead atoms. The maximum Gasteiger partial charge on any atom is 0.320 e. The first-order chi connectivity index (χ1) is 18.7. The monoisotopic (exact) mass is 527 g/mol. The van der Waals surface area contributed by atoms with Crippen LogP contribution in [0.15, 0.2) is 66.9 Å². The van der Waals surface area contributed by atoms with E-state index in [1.807, 2.05) is 61.5 Å². The van der Waals surface area contributed by atoms with E-state index in [1.54, 1.807) is 16.9 Å². The number of ether oxygens (including phenoxy) is 1. The molecule has 0 aliphatic heterocycles. The first kappa shape index (κ1) is 27.6. The Kier molecular flexibility index (Phi) is 8.81. The predicted molar refractivity (Wildman–Crippen MR) is 155 cm³/mol. The maximum atomic E-state index is 13.0. The highest BCUT2D eigenvalue weighted by Gasteiger charge is 2.21. The van der Waals surface area contributed by atoms with Gasteiger partial charge in [0.2, 0.25) is 11.8 Å². The number of urea groups is 1. The number of anilines is 2. The second kappa shape index (κ2) is 12.4. The Balaban J connectivity index is 1.45. The molecule has 39 heavy (non-hydrogen) atoms. The molecule has 9 heteroatoms. The molecule has 3 N–H and O–H groups in total. The van der Waals surface area contributed by atoms with E-state index in [0.717, 1.165) is 41.9 Å². The minimum absolute atomic E-state index is 0.175. The standard InChI is InChI=1S/C30H37N7O2/c1-6-7-17-31-28-32-18-16-27(35-28)39-24-11-9-8-10-22(24)20-33-29(38)34-26-19-25(30(3,4)5)36-37(26)23-14-12-21(2)13-15-23/h8-16,18-19H,6-7,17,20H2,1-5H3,(H,31,32,35)(H2,33,34,38). The van der Waals surface area contributed by atoms with Crippen LogP contribution in [-0.4, -0.2) is 32.3 Å². The number of amides is 2. The highest BCUT2D eigenvalue weighted by atomic mass is 16.5. The Morgan fingerprint density at radius 1 is 1.05 bits per heavy atom. The number of carbonyl (C=O) groups is 1. The molecule has 4 aromatic rings. The Labute approximate surface area is 230 Å². The summed E-state index contributed by atoms with van der Waals surface area (Å²) in [6, 6.07) is 18.9. The topological polar surface area (TPSA) is 106 Å². The summed E-state index contributed by atoms with van der Waals surface area (Å²) in [6.45, 7) is 11.5. The molecule has 0 aliphatic carbocycles. The van der Waals surface area contributed by atoms with Crippen LogP contribution in [0.5, 0.6) is 11.6 Å². The lowest BCUT2D eigenvalue weighted by molar-refractivity contribution is 0.251. The van der Waals surface area contributed by atoms with E-state index in [0.29, 0.717) is 23.4 Å². The molecule has 2 aromatic heterocycles. The lowest BCUT2D eigenvalue weighted by Gasteiger charge is -2.14. The minimum Gasteiger partial charge on any atom is -0.439 e. The van der Waals surface area contributed by atoms with Gasteiger partial charge in [0.15, 0.2) is 0 Å². The number of aryl methyl sites for hydroxylation is 1. The van der Waals surface area contributed by atoms with E-state index in [2.05, 4.69) is 53.6 Å². The fourth-order valence-electron chi connectivity index (χ4n) is 3.78. The van der Waals surface area contributed by atoms with Crippen LogP contribution >= 0.6 is 0 Å². The average molecular weight is 528 g/mol. The summed E-state index contributed by atoms with van der Waals surface area (Å²) in [5.41, 5.74) is 3.55. The highest BCUT2D eigenvalue weighted by Crippen LogP contribution is 2.27. The van der Waals surface area contributed by atoms with Gasteiger partial charge in [-0.1, -0.05) is 70.0 Å². The molecule has 9 nitrogen and oxygen atoms in total. The zero-order valence-electron chi connectivity index (χ0n) is 23.3. The third-order valence-electron chi connectivity index (χ3n) is 6.07. The van der Waals surface area contributed by atoms with Crippen LogP contribution in [0.4, 0.5) is 16.6 Å². The molecular weight excluding hydrogens is 490 g/mol. The second-order valence-corrected chi connectivity index (χ2v) is 10.4. The van der Waals surface area contributed by atoms with Gasteiger partial charge in [0, 0.05) is 42.4 Å². The summed E-state index contributed by atoms with van der Waals surface area (Å²) in [5.74, 6) is 2.15. The van der Waals surface area contributed by atoms with Crippen molar-refractivity contribution in [1.29, 1.82) is 0 Å². The Hall–Kier alpha value is -4.40. The second-order valence-electron chi connectivity index (χ2n) is 10.4. The normalized spacial score (nSPS) is 11.2. The molecule has 2 amide bonds. The molecule has 0 fully saturated rings. The number of carbonyl (C=O) groups excluding carboxylic acids is 1. The van der Waals surface area contributed by atoms with Gasteiger partial charge in [0.05, 0.1) is 11.4 Å². The largest absolute Gasteiger partial charge is 0.439 e. The smallest absolute Gasteiger partial charge is 0.320 e. The lowest BCUT2D eigenvalue weighted by Crippen LogP contribution is -2.29. The zero-order valence-corrected chi connectivity index (χ0v) is 23.3. The Bertz CT molecular complexity index is 1390. The number of nitrogens with zero attached hydrogens (tertiary/aromatic N) is 4. The minimum atomic E-state index is -0.344. The summed E-state index contributed by atoms with van der Waals surface area (Å²) < 4.78 is 7.82. The van der Waals surface area contributed by atoms with E-state index in [9.17, 15) is 4.79 Å². The van der Waals surface area contributed by atoms with Crippen LogP contribution < -0.4 is 20.7 Å². The van der Waals surface area contributed by atoms with Gasteiger partial charge in [-0.2, -0.15) is 10.1 Å². The summed E-state index contributed by atoms with van der Waals surface area (Å²) in [4.78, 5) is 21.7. The third-order valence-corrected chi connectivity index (χ3v) is 6.07. The van der Waals surface area contributed by atoms with Gasteiger partial charge >= 0.3 is 6.03 Å². The highest BCUT2D eigenvalue weighted by molar-refractivity contribution is 5.88. The molecule has 0 radical (unpaired) electrons. The first-order valence-corrected chi connectivity index (χ1v) is 13.3. The van der Waals surface area contributed by atoms with Crippen molar-refractivity contribution in [3.05, 3.63) is 83.7 Å². The van der Waals surface area contributed by atoms with Gasteiger partial charge in [0.25, 0.3) is 0 Å². The summed E-state index contributed by atoms with van der Waals surface area (Å²) >= 11 is 0. The van der Waals surface area contributed by atoms with Crippen LogP contribution in [0.25, 0.3) is 5.69 Å². The molecular formula is C30H37N7O2. The summed E-state index contributed by atoms with van der Waals surface area (Å²) in [7, 11) is 0. The molecule has 0 spiro atoms. The average Bonchev–Trinajstić information content (AvgIpc) is 3.33. The molecule has 204 valence electrons. The van der Waals surface area contributed by atoms with E-state index >= 15 is 0 Å². The number of para-hydroxylation sites is 1. The molecule has 0 aliphatic rings. The molecule has 2 aromatic carbocycles. The van der Waals surface area contributed by atoms with Crippen molar-refractivity contribution in [3.63, 3.8) is 0 Å². The fraction of sp³-hybridized carbons (Fsp3) is 0.333. The SMILES string of the molecule is CCCCNc1nccc(Oc2ccccc2CNC(=O)Nc2cc(C(C)(C)C)nn2-c2ccc(C)cc2)n1. The summed E-state index contributed by atoms with van der Waals surface area (Å²) in [6.07, 6.45) is 3.78. The molecule has 0 saturated carbocycles. The van der Waals surface area contributed by atoms with Crippen LogP contribution in [0, 0.1) is 6.92 Å². The zero-order chi connectivity index (χ0) is 27.8. The van der Waals surface area contributed by atoms with Gasteiger partial charge in [-0.05, 0) is 31.5 Å². The van der Waals surface area contributed by atoms with E-state index in [4.69, 9.17) is 9.84 Å². The molecule has 0 atom stereocenters. The molecule has 2 heterocycles. The van der Waals surface area contributed by atoms with Gasteiger partial charge in [-0.25, -0.2) is 14.5 Å². The van der Waals surface area contributed by atoms with E-state index in [-0.39, 0.29) is 18.0 Å². The number of aromatic nitrogens is 4. The van der Waals surface area contributed by atoms with Crippen molar-refractivity contribution in [2.24, 2.45) is 0 Å². The van der Waals surface area contributed by atoms with Crippen molar-refractivity contribution >= 4 is 17.8 Å². The third kappa shape index (κ3) is 7.56. The predicted octanol–water partition coefficient (Wildman–Crippen LogP) is 6.59. The number of benzene rings is 2. The van der Waals surface area contributed by atoms with Gasteiger partial charge in [-0.15, -0.1) is 0 Å². The van der Waals surface area contributed by atoms with E-state index in [1.165, 1.54) is 0 Å². The quantitative estimate of drug-likeness (QED) is 0.201. The number of unbranched alkanes of at least 4 members (excludes halogenated alkanes) is 1. The van der Waals surface area contributed by atoms with Crippen molar-refractivity contribution in [2.75, 3.05) is 17.2 Å². The van der Waals surface area contributed by atoms with Gasteiger partial charge in [-0.3, -0.25) is 5.32 Å². The molecule has 0 unspecified atom stereocenters. The van der Waals surface area contributed by atoms with Gasteiger partial charge in [0.1, 0.15) is 11.6 Å². The first-order valence-electron chi connectivity index (χ1n) is 13.3. The Morgan fingerprint density at radius 3 is 2.56 bits per heavy atom. The van der Waals surface area contributed by atoms with E-state index < -0.39 is 0 Å². The van der Waals surface area contributed by atoms with Crippen LogP contribution in [0.3, 0.4) is 0 Å². The summed E-state index contributed by atoms with van der Waals surface area (Å²) in [5, 5.41) is 13.9. The molecule has 4 rings (SSSR count). The van der Waals surface area contributed by atoms with Crippen molar-refractivity contribution in [1.82, 2.24) is 25.1 Å². The van der Waals surface area contributed by atoms with Crippen LogP contribution in [0.2, 0.25) is 0 Å². The molecule has 0 saturated heterocycles. The van der Waals surface area contributed by atoms with Crippen molar-refractivity contribution in [2.45, 2.75) is 59.4 Å².